The van der Waals surface area contributed by atoms with Gasteiger partial charge in [-0.1, -0.05) is 18.3 Å². The lowest BCUT2D eigenvalue weighted by Gasteiger charge is -2.04. The fraction of sp³-hybridized carbons (Fsp3) is 0.357. The Morgan fingerprint density at radius 3 is 3.00 bits per heavy atom. The highest BCUT2D eigenvalue weighted by atomic mass is 32.1. The Hall–Kier alpha value is -1.57. The molecule has 0 fully saturated rings. The number of hydrogen-bond donors (Lipinski definition) is 2. The van der Waals surface area contributed by atoms with Crippen molar-refractivity contribution in [3.63, 3.8) is 0 Å². The molecule has 0 spiro atoms. The van der Waals surface area contributed by atoms with Crippen LogP contribution in [-0.4, -0.2) is 20.6 Å². The molecule has 2 N–H and O–H groups in total. The zero-order valence-electron chi connectivity index (χ0n) is 11.9. The van der Waals surface area contributed by atoms with E-state index in [2.05, 4.69) is 28.8 Å². The maximum Gasteiger partial charge on any atom is 0.244 e. The van der Waals surface area contributed by atoms with Crippen LogP contribution in [0.1, 0.15) is 40.8 Å². The number of hydrogen-bond acceptors (Lipinski definition) is 6. The van der Waals surface area contributed by atoms with Crippen LogP contribution < -0.4 is 5.32 Å². The SMILES string of the molecule is CC(C)c1nnsc1CNC(=O)C=Cc1cc(CO)cs1. The van der Waals surface area contributed by atoms with E-state index >= 15 is 0 Å². The molecule has 7 heteroatoms. The van der Waals surface area contributed by atoms with Crippen molar-refractivity contribution in [2.75, 3.05) is 0 Å². The minimum atomic E-state index is -0.156. The summed E-state index contributed by atoms with van der Waals surface area (Å²) in [5.41, 5.74) is 1.80. The number of nitrogens with one attached hydrogen (secondary N) is 1. The second kappa shape index (κ2) is 7.44. The van der Waals surface area contributed by atoms with Gasteiger partial charge >= 0.3 is 0 Å². The van der Waals surface area contributed by atoms with E-state index in [9.17, 15) is 4.79 Å². The summed E-state index contributed by atoms with van der Waals surface area (Å²) in [6.45, 7) is 4.57. The molecule has 0 radical (unpaired) electrons. The van der Waals surface area contributed by atoms with Gasteiger partial charge in [-0.05, 0) is 40.5 Å². The van der Waals surface area contributed by atoms with Gasteiger partial charge in [-0.25, -0.2) is 0 Å². The number of nitrogens with zero attached hydrogens (tertiary/aromatic N) is 2. The molecule has 1 amide bonds. The molecule has 0 aliphatic rings. The minimum Gasteiger partial charge on any atom is -0.392 e. The van der Waals surface area contributed by atoms with Crippen molar-refractivity contribution >= 4 is 34.9 Å². The lowest BCUT2D eigenvalue weighted by atomic mass is 10.1. The molecule has 0 atom stereocenters. The molecule has 0 saturated carbocycles. The molecule has 0 bridgehead atoms. The van der Waals surface area contributed by atoms with Crippen molar-refractivity contribution < 1.29 is 9.90 Å². The Bertz CT molecular complexity index is 632. The van der Waals surface area contributed by atoms with E-state index in [1.807, 2.05) is 11.4 Å². The van der Waals surface area contributed by atoms with Crippen LogP contribution in [-0.2, 0) is 17.9 Å². The van der Waals surface area contributed by atoms with Gasteiger partial charge in [0.2, 0.25) is 5.91 Å². The van der Waals surface area contributed by atoms with E-state index in [0.29, 0.717) is 12.5 Å². The first kappa shape index (κ1) is 15.8. The molecule has 5 nitrogen and oxygen atoms in total. The largest absolute Gasteiger partial charge is 0.392 e. The highest BCUT2D eigenvalue weighted by Gasteiger charge is 2.11. The van der Waals surface area contributed by atoms with Crippen molar-refractivity contribution in [1.29, 1.82) is 0 Å². The summed E-state index contributed by atoms with van der Waals surface area (Å²) in [5, 5.41) is 17.8. The molecule has 0 saturated heterocycles. The highest BCUT2D eigenvalue weighted by Crippen LogP contribution is 2.19. The lowest BCUT2D eigenvalue weighted by molar-refractivity contribution is -0.116. The van der Waals surface area contributed by atoms with Crippen LogP contribution in [0.4, 0.5) is 0 Å². The number of rotatable bonds is 6. The number of amides is 1. The van der Waals surface area contributed by atoms with E-state index in [1.54, 1.807) is 6.08 Å². The van der Waals surface area contributed by atoms with Crippen molar-refractivity contribution in [2.45, 2.75) is 32.9 Å². The Kier molecular flexibility index (Phi) is 5.60. The first-order valence-corrected chi connectivity index (χ1v) is 8.20. The van der Waals surface area contributed by atoms with Crippen molar-refractivity contribution in [3.05, 3.63) is 38.5 Å². The van der Waals surface area contributed by atoms with E-state index in [4.69, 9.17) is 5.11 Å². The van der Waals surface area contributed by atoms with Crippen molar-refractivity contribution in [3.8, 4) is 0 Å². The molecule has 2 heterocycles. The summed E-state index contributed by atoms with van der Waals surface area (Å²) in [7, 11) is 0. The smallest absolute Gasteiger partial charge is 0.244 e. The maximum atomic E-state index is 11.8. The molecule has 0 aliphatic carbocycles. The second-order valence-electron chi connectivity index (χ2n) is 4.80. The molecule has 0 aliphatic heterocycles. The number of thiophene rings is 1. The van der Waals surface area contributed by atoms with Gasteiger partial charge in [-0.15, -0.1) is 16.4 Å². The van der Waals surface area contributed by atoms with Gasteiger partial charge in [-0.3, -0.25) is 4.79 Å². The summed E-state index contributed by atoms with van der Waals surface area (Å²) in [6.07, 6.45) is 3.24. The van der Waals surface area contributed by atoms with Gasteiger partial charge < -0.3 is 10.4 Å². The summed E-state index contributed by atoms with van der Waals surface area (Å²) < 4.78 is 3.93. The molecular weight excluding hydrogens is 306 g/mol. The molecule has 2 aromatic rings. The van der Waals surface area contributed by atoms with Gasteiger partial charge in [0.05, 0.1) is 23.7 Å². The molecular formula is C14H17N3O2S2. The van der Waals surface area contributed by atoms with Crippen LogP contribution in [0.5, 0.6) is 0 Å². The Morgan fingerprint density at radius 2 is 2.33 bits per heavy atom. The zero-order chi connectivity index (χ0) is 15.2. The van der Waals surface area contributed by atoms with E-state index < -0.39 is 0 Å². The molecule has 2 aromatic heterocycles. The summed E-state index contributed by atoms with van der Waals surface area (Å²) in [4.78, 5) is 13.7. The van der Waals surface area contributed by atoms with Gasteiger partial charge in [0.25, 0.3) is 0 Å². The molecule has 0 unspecified atom stereocenters. The molecule has 2 rings (SSSR count). The fourth-order valence-electron chi connectivity index (χ4n) is 1.73. The van der Waals surface area contributed by atoms with E-state index in [-0.39, 0.29) is 12.5 Å². The third-order valence-electron chi connectivity index (χ3n) is 2.81. The van der Waals surface area contributed by atoms with Crippen LogP contribution in [0.15, 0.2) is 17.5 Å². The quantitative estimate of drug-likeness (QED) is 0.801. The monoisotopic (exact) mass is 323 g/mol. The van der Waals surface area contributed by atoms with Crippen LogP contribution in [0.25, 0.3) is 6.08 Å². The molecule has 0 aromatic carbocycles. The van der Waals surface area contributed by atoms with Crippen molar-refractivity contribution in [2.24, 2.45) is 0 Å². The molecule has 112 valence electrons. The molecule has 21 heavy (non-hydrogen) atoms. The Labute approximate surface area is 131 Å². The van der Waals surface area contributed by atoms with Crippen LogP contribution >= 0.6 is 22.9 Å². The zero-order valence-corrected chi connectivity index (χ0v) is 13.5. The predicted molar refractivity (Wildman–Crippen MR) is 85.1 cm³/mol. The Morgan fingerprint density at radius 1 is 1.52 bits per heavy atom. The van der Waals surface area contributed by atoms with Crippen LogP contribution in [0, 0.1) is 0 Å². The summed E-state index contributed by atoms with van der Waals surface area (Å²) in [6, 6.07) is 1.86. The van der Waals surface area contributed by atoms with Crippen molar-refractivity contribution in [1.82, 2.24) is 14.9 Å². The van der Waals surface area contributed by atoms with Gasteiger partial charge in [0.15, 0.2) is 0 Å². The van der Waals surface area contributed by atoms with Gasteiger partial charge in [0.1, 0.15) is 0 Å². The normalized spacial score (nSPS) is 11.4. The third-order valence-corrected chi connectivity index (χ3v) is 4.49. The summed E-state index contributed by atoms with van der Waals surface area (Å²) in [5.74, 6) is 0.145. The maximum absolute atomic E-state index is 11.8. The lowest BCUT2D eigenvalue weighted by Crippen LogP contribution is -2.20. The number of aliphatic hydroxyl groups is 1. The number of aliphatic hydroxyl groups excluding tert-OH is 1. The topological polar surface area (TPSA) is 75.1 Å². The minimum absolute atomic E-state index is 0.0207. The average Bonchev–Trinajstić information content (AvgIpc) is 3.11. The number of carbonyl (C=O) groups is 1. The number of carbonyl (C=O) groups excluding carboxylic acids is 1. The van der Waals surface area contributed by atoms with E-state index in [0.717, 1.165) is 21.0 Å². The predicted octanol–water partition coefficient (Wildman–Crippen LogP) is 2.54. The van der Waals surface area contributed by atoms with Crippen LogP contribution in [0.2, 0.25) is 0 Å². The third kappa shape index (κ3) is 4.45. The van der Waals surface area contributed by atoms with E-state index in [1.165, 1.54) is 28.9 Å². The van der Waals surface area contributed by atoms with Gasteiger partial charge in [0, 0.05) is 11.0 Å². The van der Waals surface area contributed by atoms with Gasteiger partial charge in [-0.2, -0.15) is 0 Å². The number of aromatic nitrogens is 2. The first-order chi connectivity index (χ1) is 10.1. The average molecular weight is 323 g/mol. The van der Waals surface area contributed by atoms with Crippen LogP contribution in [0.3, 0.4) is 0 Å². The fourth-order valence-corrected chi connectivity index (χ4v) is 3.26. The highest BCUT2D eigenvalue weighted by molar-refractivity contribution is 7.11. The summed E-state index contributed by atoms with van der Waals surface area (Å²) >= 11 is 2.81. The Balaban J connectivity index is 1.88. The first-order valence-electron chi connectivity index (χ1n) is 6.55. The standard InChI is InChI=1S/C14H17N3O2S2/c1-9(2)14-12(21-17-16-14)6-15-13(19)4-3-11-5-10(7-18)8-20-11/h3-5,8-9,18H,6-7H2,1-2H3,(H,15,19). The second-order valence-corrected chi connectivity index (χ2v) is 6.58.